The molecule has 0 spiro atoms. The fourth-order valence-electron chi connectivity index (χ4n) is 1.44. The lowest BCUT2D eigenvalue weighted by Crippen LogP contribution is -2.15. The molecule has 0 radical (unpaired) electrons. The zero-order valence-corrected chi connectivity index (χ0v) is 12.3. The molecule has 104 valence electrons. The molecule has 2 rings (SSSR count). The summed E-state index contributed by atoms with van der Waals surface area (Å²) < 4.78 is 0. The molecule has 0 aliphatic heterocycles. The maximum Gasteiger partial charge on any atom is 0.347 e. The van der Waals surface area contributed by atoms with Gasteiger partial charge in [0.15, 0.2) is 0 Å². The van der Waals surface area contributed by atoms with Crippen LogP contribution < -0.4 is 0 Å². The molecular weight excluding hydrogens is 274 g/mol. The molecule has 0 amide bonds. The third-order valence-electron chi connectivity index (χ3n) is 2.50. The van der Waals surface area contributed by atoms with E-state index in [4.69, 9.17) is 5.11 Å². The van der Waals surface area contributed by atoms with Gasteiger partial charge < -0.3 is 5.11 Å². The number of aromatic carboxylic acids is 1. The van der Waals surface area contributed by atoms with Crippen molar-refractivity contribution < 1.29 is 9.90 Å². The molecule has 20 heavy (non-hydrogen) atoms. The van der Waals surface area contributed by atoms with Crippen LogP contribution in [0.2, 0.25) is 0 Å². The largest absolute Gasteiger partial charge is 0.477 e. The molecule has 0 aliphatic carbocycles. The molecule has 0 atom stereocenters. The molecule has 5 nitrogen and oxygen atoms in total. The maximum absolute atomic E-state index is 10.7. The van der Waals surface area contributed by atoms with E-state index in [1.165, 1.54) is 6.20 Å². The van der Waals surface area contributed by atoms with Gasteiger partial charge in [-0.05, 0) is 12.2 Å². The maximum atomic E-state index is 10.7. The van der Waals surface area contributed by atoms with Crippen molar-refractivity contribution in [2.75, 3.05) is 0 Å². The first kappa shape index (κ1) is 14.3. The van der Waals surface area contributed by atoms with Gasteiger partial charge in [-0.3, -0.25) is 0 Å². The molecule has 0 fully saturated rings. The average molecular weight is 289 g/mol. The molecular formula is C14H15N3O2S. The first-order valence-electron chi connectivity index (χ1n) is 6.06. The topological polar surface area (TPSA) is 76.0 Å². The average Bonchev–Trinajstić information content (AvgIpc) is 2.85. The molecule has 2 aromatic rings. The SMILES string of the molecule is CC(C)(C)c1ncc(/C=C/c2ncc(C(=O)O)s2)cn1. The lowest BCUT2D eigenvalue weighted by atomic mass is 9.96. The Kier molecular flexibility index (Phi) is 3.94. The monoisotopic (exact) mass is 289 g/mol. The number of carboxylic acids is 1. The summed E-state index contributed by atoms with van der Waals surface area (Å²) in [5, 5.41) is 9.46. The van der Waals surface area contributed by atoms with Gasteiger partial charge in [-0.2, -0.15) is 0 Å². The summed E-state index contributed by atoms with van der Waals surface area (Å²) >= 11 is 1.13. The highest BCUT2D eigenvalue weighted by molar-refractivity contribution is 7.14. The Morgan fingerprint density at radius 2 is 1.80 bits per heavy atom. The third-order valence-corrected chi connectivity index (χ3v) is 3.45. The van der Waals surface area contributed by atoms with E-state index in [2.05, 4.69) is 35.7 Å². The second kappa shape index (κ2) is 5.50. The van der Waals surface area contributed by atoms with Crippen molar-refractivity contribution in [1.29, 1.82) is 0 Å². The number of nitrogens with zero attached hydrogens (tertiary/aromatic N) is 3. The Morgan fingerprint density at radius 3 is 2.30 bits per heavy atom. The van der Waals surface area contributed by atoms with Crippen LogP contribution in [-0.2, 0) is 5.41 Å². The Labute approximate surface area is 121 Å². The van der Waals surface area contributed by atoms with E-state index >= 15 is 0 Å². The fourth-order valence-corrected chi connectivity index (χ4v) is 2.10. The summed E-state index contributed by atoms with van der Waals surface area (Å²) in [5.74, 6) is -0.169. The molecule has 0 saturated heterocycles. The molecule has 2 heterocycles. The lowest BCUT2D eigenvalue weighted by molar-refractivity contribution is 0.0702. The molecule has 6 heteroatoms. The van der Waals surface area contributed by atoms with Gasteiger partial charge in [0.05, 0.1) is 6.20 Å². The Morgan fingerprint density at radius 1 is 1.15 bits per heavy atom. The van der Waals surface area contributed by atoms with Crippen LogP contribution >= 0.6 is 11.3 Å². The predicted octanol–water partition coefficient (Wildman–Crippen LogP) is 3.10. The van der Waals surface area contributed by atoms with Gasteiger partial charge in [-0.25, -0.2) is 19.7 Å². The second-order valence-electron chi connectivity index (χ2n) is 5.29. The van der Waals surface area contributed by atoms with Gasteiger partial charge in [0.2, 0.25) is 0 Å². The fraction of sp³-hybridized carbons (Fsp3) is 0.286. The number of carbonyl (C=O) groups is 1. The van der Waals surface area contributed by atoms with Crippen LogP contribution in [0, 0.1) is 0 Å². The lowest BCUT2D eigenvalue weighted by Gasteiger charge is -2.15. The van der Waals surface area contributed by atoms with Gasteiger partial charge in [-0.1, -0.05) is 20.8 Å². The number of hydrogen-bond acceptors (Lipinski definition) is 5. The quantitative estimate of drug-likeness (QED) is 0.939. The summed E-state index contributed by atoms with van der Waals surface area (Å²) in [4.78, 5) is 23.6. The number of hydrogen-bond donors (Lipinski definition) is 1. The zero-order chi connectivity index (χ0) is 14.8. The summed E-state index contributed by atoms with van der Waals surface area (Å²) in [6.45, 7) is 6.17. The van der Waals surface area contributed by atoms with Gasteiger partial charge in [0.1, 0.15) is 15.7 Å². The minimum absolute atomic E-state index is 0.0755. The third kappa shape index (κ3) is 3.48. The van der Waals surface area contributed by atoms with Crippen molar-refractivity contribution in [3.05, 3.63) is 39.9 Å². The predicted molar refractivity (Wildman–Crippen MR) is 78.7 cm³/mol. The molecule has 0 unspecified atom stereocenters. The van der Waals surface area contributed by atoms with E-state index in [-0.39, 0.29) is 10.3 Å². The van der Waals surface area contributed by atoms with Crippen LogP contribution in [0.4, 0.5) is 0 Å². The van der Waals surface area contributed by atoms with E-state index in [0.717, 1.165) is 22.7 Å². The normalized spacial score (nSPS) is 11.9. The van der Waals surface area contributed by atoms with E-state index < -0.39 is 5.97 Å². The van der Waals surface area contributed by atoms with Crippen LogP contribution in [-0.4, -0.2) is 26.0 Å². The van der Waals surface area contributed by atoms with Gasteiger partial charge in [0.25, 0.3) is 0 Å². The first-order chi connectivity index (χ1) is 9.36. The smallest absolute Gasteiger partial charge is 0.347 e. The van der Waals surface area contributed by atoms with Crippen molar-refractivity contribution in [3.8, 4) is 0 Å². The number of carboxylic acid groups (broad SMARTS) is 1. The van der Waals surface area contributed by atoms with E-state index in [9.17, 15) is 4.79 Å². The molecule has 2 aromatic heterocycles. The highest BCUT2D eigenvalue weighted by atomic mass is 32.1. The van der Waals surface area contributed by atoms with Crippen molar-refractivity contribution in [3.63, 3.8) is 0 Å². The standard InChI is InChI=1S/C14H15N3O2S/c1-14(2,3)13-16-6-9(7-17-13)4-5-11-15-8-10(20-11)12(18)19/h4-8H,1-3H3,(H,18,19)/b5-4+. The van der Waals surface area contributed by atoms with Crippen LogP contribution in [0.3, 0.4) is 0 Å². The highest BCUT2D eigenvalue weighted by Crippen LogP contribution is 2.18. The minimum atomic E-state index is -0.958. The highest BCUT2D eigenvalue weighted by Gasteiger charge is 2.16. The van der Waals surface area contributed by atoms with Crippen molar-refractivity contribution in [2.45, 2.75) is 26.2 Å². The Bertz CT molecular complexity index is 639. The molecule has 0 bridgehead atoms. The number of thiazole rings is 1. The Balaban J connectivity index is 2.13. The van der Waals surface area contributed by atoms with Gasteiger partial charge >= 0.3 is 5.97 Å². The summed E-state index contributed by atoms with van der Waals surface area (Å²) in [6.07, 6.45) is 8.42. The molecule has 0 saturated carbocycles. The van der Waals surface area contributed by atoms with E-state index in [1.807, 2.05) is 6.08 Å². The second-order valence-corrected chi connectivity index (χ2v) is 6.35. The van der Waals surface area contributed by atoms with Crippen molar-refractivity contribution in [1.82, 2.24) is 15.0 Å². The Hall–Kier alpha value is -2.08. The van der Waals surface area contributed by atoms with Gasteiger partial charge in [0, 0.05) is 23.4 Å². The van der Waals surface area contributed by atoms with E-state index in [0.29, 0.717) is 5.01 Å². The number of aromatic nitrogens is 3. The summed E-state index contributed by atoms with van der Waals surface area (Å²) in [5.41, 5.74) is 0.776. The van der Waals surface area contributed by atoms with Crippen molar-refractivity contribution >= 4 is 29.5 Å². The molecule has 1 N–H and O–H groups in total. The van der Waals surface area contributed by atoms with Crippen LogP contribution in [0.25, 0.3) is 12.2 Å². The van der Waals surface area contributed by atoms with Crippen LogP contribution in [0.5, 0.6) is 0 Å². The van der Waals surface area contributed by atoms with Gasteiger partial charge in [-0.15, -0.1) is 11.3 Å². The van der Waals surface area contributed by atoms with Crippen molar-refractivity contribution in [2.24, 2.45) is 0 Å². The molecule has 0 aliphatic rings. The van der Waals surface area contributed by atoms with E-state index in [1.54, 1.807) is 18.5 Å². The van der Waals surface area contributed by atoms with Crippen LogP contribution in [0.15, 0.2) is 18.6 Å². The van der Waals surface area contributed by atoms with Crippen LogP contribution in [0.1, 0.15) is 46.8 Å². The zero-order valence-electron chi connectivity index (χ0n) is 11.5. The molecule has 0 aromatic carbocycles. The number of rotatable bonds is 3. The summed E-state index contributed by atoms with van der Waals surface area (Å²) in [6, 6.07) is 0. The summed E-state index contributed by atoms with van der Waals surface area (Å²) in [7, 11) is 0. The first-order valence-corrected chi connectivity index (χ1v) is 6.87. The minimum Gasteiger partial charge on any atom is -0.477 e.